The Kier molecular flexibility index (Phi) is 7.00. The van der Waals surface area contributed by atoms with Gasteiger partial charge in [0.25, 0.3) is 5.91 Å². The first-order valence-corrected chi connectivity index (χ1v) is 11.9. The number of ether oxygens (including phenoxy) is 3. The van der Waals surface area contributed by atoms with E-state index in [1.165, 1.54) is 19.2 Å². The van der Waals surface area contributed by atoms with Gasteiger partial charge in [-0.15, -0.1) is 0 Å². The van der Waals surface area contributed by atoms with E-state index >= 15 is 0 Å². The van der Waals surface area contributed by atoms with Crippen LogP contribution in [0.3, 0.4) is 0 Å². The van der Waals surface area contributed by atoms with Crippen LogP contribution in [0.5, 0.6) is 17.2 Å². The second kappa shape index (κ2) is 9.38. The van der Waals surface area contributed by atoms with Crippen molar-refractivity contribution in [1.82, 2.24) is 10.0 Å². The average Bonchev–Trinajstić information content (AvgIpc) is 2.74. The van der Waals surface area contributed by atoms with Crippen molar-refractivity contribution in [2.45, 2.75) is 50.6 Å². The zero-order valence-corrected chi connectivity index (χ0v) is 19.8. The molecule has 1 aliphatic heterocycles. The van der Waals surface area contributed by atoms with Gasteiger partial charge >= 0.3 is 0 Å². The molecule has 8 nitrogen and oxygen atoms in total. The lowest BCUT2D eigenvalue weighted by Crippen LogP contribution is -2.40. The Morgan fingerprint density at radius 3 is 2.41 bits per heavy atom. The Morgan fingerprint density at radius 1 is 1.09 bits per heavy atom. The predicted molar refractivity (Wildman–Crippen MR) is 121 cm³/mol. The molecular weight excluding hydrogens is 432 g/mol. The Hall–Kier alpha value is -2.78. The summed E-state index contributed by atoms with van der Waals surface area (Å²) in [6.07, 6.45) is 0.637. The third-order valence-electron chi connectivity index (χ3n) is 4.84. The fourth-order valence-electron chi connectivity index (χ4n) is 3.43. The highest BCUT2D eigenvalue weighted by Crippen LogP contribution is 2.33. The minimum atomic E-state index is -3.90. The van der Waals surface area contributed by atoms with E-state index in [9.17, 15) is 13.2 Å². The van der Waals surface area contributed by atoms with Crippen LogP contribution in [0.2, 0.25) is 0 Å². The van der Waals surface area contributed by atoms with Crippen LogP contribution in [0.15, 0.2) is 41.3 Å². The second-order valence-corrected chi connectivity index (χ2v) is 10.2. The lowest BCUT2D eigenvalue weighted by atomic mass is 10.0. The first kappa shape index (κ1) is 23.9. The Morgan fingerprint density at radius 2 is 1.78 bits per heavy atom. The lowest BCUT2D eigenvalue weighted by Gasteiger charge is -2.23. The molecule has 32 heavy (non-hydrogen) atoms. The highest BCUT2D eigenvalue weighted by Gasteiger charge is 2.27. The molecule has 3 rings (SSSR count). The van der Waals surface area contributed by atoms with Gasteiger partial charge in [0.15, 0.2) is 11.5 Å². The van der Waals surface area contributed by atoms with E-state index in [-0.39, 0.29) is 28.2 Å². The maximum Gasteiger partial charge on any atom is 0.251 e. The van der Waals surface area contributed by atoms with E-state index < -0.39 is 15.6 Å². The highest BCUT2D eigenvalue weighted by atomic mass is 32.2. The minimum absolute atomic E-state index is 0.0880. The number of hydrogen-bond acceptors (Lipinski definition) is 6. The summed E-state index contributed by atoms with van der Waals surface area (Å²) < 4.78 is 44.8. The van der Waals surface area contributed by atoms with E-state index in [0.29, 0.717) is 31.1 Å². The fourth-order valence-corrected chi connectivity index (χ4v) is 5.04. The summed E-state index contributed by atoms with van der Waals surface area (Å²) in [5.74, 6) is 1.10. The largest absolute Gasteiger partial charge is 0.495 e. The summed E-state index contributed by atoms with van der Waals surface area (Å²) in [6.45, 7) is 8.17. The van der Waals surface area contributed by atoms with Gasteiger partial charge < -0.3 is 19.5 Å². The number of fused-ring (bicyclic) bond motifs is 1. The molecule has 0 radical (unpaired) electrons. The van der Waals surface area contributed by atoms with Crippen LogP contribution >= 0.6 is 0 Å². The Labute approximate surface area is 189 Å². The number of sulfonamides is 1. The van der Waals surface area contributed by atoms with Crippen LogP contribution in [0.4, 0.5) is 0 Å². The third-order valence-corrected chi connectivity index (χ3v) is 6.62. The quantitative estimate of drug-likeness (QED) is 0.654. The number of benzene rings is 2. The number of methoxy groups -OCH3 is 1. The van der Waals surface area contributed by atoms with E-state index in [0.717, 1.165) is 5.56 Å². The molecule has 0 saturated heterocycles. The Bertz CT molecular complexity index is 1090. The molecule has 2 N–H and O–H groups in total. The molecule has 1 amide bonds. The summed E-state index contributed by atoms with van der Waals surface area (Å²) in [5.41, 5.74) is 0.408. The first-order valence-electron chi connectivity index (χ1n) is 10.5. The fraction of sp³-hybridized carbons (Fsp3) is 0.435. The summed E-state index contributed by atoms with van der Waals surface area (Å²) in [5, 5.41) is 2.98. The van der Waals surface area contributed by atoms with Crippen LogP contribution < -0.4 is 24.2 Å². The van der Waals surface area contributed by atoms with E-state index in [1.54, 1.807) is 26.8 Å². The number of carbonyl (C=O) groups is 1. The van der Waals surface area contributed by atoms with Crippen LogP contribution in [0, 0.1) is 0 Å². The average molecular weight is 463 g/mol. The van der Waals surface area contributed by atoms with Gasteiger partial charge in [0.1, 0.15) is 23.9 Å². The second-order valence-electron chi connectivity index (χ2n) is 8.56. The normalized spacial score (nSPS) is 14.5. The SMILES string of the molecule is CCC(NC(=O)c1ccc(OC)c(S(=O)(=O)NC(C)(C)C)c1)c1ccc2c(c1)OCCO2. The van der Waals surface area contributed by atoms with Gasteiger partial charge in [0, 0.05) is 11.1 Å². The zero-order valence-electron chi connectivity index (χ0n) is 19.0. The molecule has 1 atom stereocenters. The number of hydrogen-bond donors (Lipinski definition) is 2. The molecule has 0 fully saturated rings. The van der Waals surface area contributed by atoms with Crippen molar-refractivity contribution in [3.8, 4) is 17.2 Å². The van der Waals surface area contributed by atoms with E-state index in [4.69, 9.17) is 14.2 Å². The molecule has 0 spiro atoms. The van der Waals surface area contributed by atoms with Crippen molar-refractivity contribution >= 4 is 15.9 Å². The standard InChI is InChI=1S/C23H30N2O6S/c1-6-17(15-7-9-18-20(13-15)31-12-11-30-18)24-22(26)16-8-10-19(29-5)21(14-16)32(27,28)25-23(2,3)4/h7-10,13-14,17,25H,6,11-12H2,1-5H3,(H,24,26). The van der Waals surface area contributed by atoms with Crippen LogP contribution in [0.25, 0.3) is 0 Å². The molecule has 1 heterocycles. The van der Waals surface area contributed by atoms with Crippen LogP contribution in [-0.2, 0) is 10.0 Å². The summed E-state index contributed by atoms with van der Waals surface area (Å²) in [6, 6.07) is 9.65. The molecule has 0 aliphatic carbocycles. The molecule has 2 aromatic carbocycles. The first-order chi connectivity index (χ1) is 15.0. The molecule has 174 valence electrons. The van der Waals surface area contributed by atoms with E-state index in [1.807, 2.05) is 25.1 Å². The predicted octanol–water partition coefficient (Wildman–Crippen LogP) is 3.42. The highest BCUT2D eigenvalue weighted by molar-refractivity contribution is 7.89. The summed E-state index contributed by atoms with van der Waals surface area (Å²) in [4.78, 5) is 12.9. The van der Waals surface area contributed by atoms with Gasteiger partial charge in [-0.1, -0.05) is 13.0 Å². The molecule has 2 aromatic rings. The summed E-state index contributed by atoms with van der Waals surface area (Å²) in [7, 11) is -2.51. The van der Waals surface area contributed by atoms with Crippen molar-refractivity contribution in [3.63, 3.8) is 0 Å². The van der Waals surface area contributed by atoms with Gasteiger partial charge in [-0.25, -0.2) is 13.1 Å². The van der Waals surface area contributed by atoms with Crippen molar-refractivity contribution < 1.29 is 27.4 Å². The summed E-state index contributed by atoms with van der Waals surface area (Å²) >= 11 is 0. The van der Waals surface area contributed by atoms with Crippen LogP contribution in [-0.4, -0.2) is 40.2 Å². The minimum Gasteiger partial charge on any atom is -0.495 e. The molecular formula is C23H30N2O6S. The van der Waals surface area contributed by atoms with Crippen molar-refractivity contribution in [1.29, 1.82) is 0 Å². The monoisotopic (exact) mass is 462 g/mol. The van der Waals surface area contributed by atoms with Gasteiger partial charge in [-0.2, -0.15) is 0 Å². The van der Waals surface area contributed by atoms with Gasteiger partial charge in [0.2, 0.25) is 10.0 Å². The maximum absolute atomic E-state index is 13.0. The molecule has 1 unspecified atom stereocenters. The Balaban J connectivity index is 1.87. The molecule has 0 bridgehead atoms. The van der Waals surface area contributed by atoms with Crippen molar-refractivity contribution in [2.75, 3.05) is 20.3 Å². The molecule has 9 heteroatoms. The molecule has 0 saturated carbocycles. The van der Waals surface area contributed by atoms with Gasteiger partial charge in [-0.3, -0.25) is 4.79 Å². The van der Waals surface area contributed by atoms with Crippen LogP contribution in [0.1, 0.15) is 56.1 Å². The van der Waals surface area contributed by atoms with Crippen molar-refractivity contribution in [2.24, 2.45) is 0 Å². The third kappa shape index (κ3) is 5.52. The lowest BCUT2D eigenvalue weighted by molar-refractivity contribution is 0.0935. The molecule has 0 aromatic heterocycles. The topological polar surface area (TPSA) is 103 Å². The smallest absolute Gasteiger partial charge is 0.251 e. The van der Waals surface area contributed by atoms with Gasteiger partial charge in [0.05, 0.1) is 13.2 Å². The number of nitrogens with one attached hydrogen (secondary N) is 2. The van der Waals surface area contributed by atoms with E-state index in [2.05, 4.69) is 10.0 Å². The maximum atomic E-state index is 13.0. The number of rotatable bonds is 7. The van der Waals surface area contributed by atoms with Gasteiger partial charge in [-0.05, 0) is 63.1 Å². The number of carbonyl (C=O) groups excluding carboxylic acids is 1. The molecule has 1 aliphatic rings. The number of amides is 1. The van der Waals surface area contributed by atoms with Crippen molar-refractivity contribution in [3.05, 3.63) is 47.5 Å². The zero-order chi connectivity index (χ0) is 23.5.